The van der Waals surface area contributed by atoms with Crippen LogP contribution >= 0.6 is 11.3 Å². The number of morpholine rings is 1. The van der Waals surface area contributed by atoms with Gasteiger partial charge >= 0.3 is 0 Å². The van der Waals surface area contributed by atoms with E-state index < -0.39 is 0 Å². The molecule has 0 spiro atoms. The number of hydrogen-bond donors (Lipinski definition) is 2. The Bertz CT molecular complexity index is 1040. The van der Waals surface area contributed by atoms with Crippen LogP contribution in [0, 0.1) is 0 Å². The summed E-state index contributed by atoms with van der Waals surface area (Å²) in [6.45, 7) is 9.17. The van der Waals surface area contributed by atoms with Crippen molar-refractivity contribution >= 4 is 29.0 Å². The second-order valence-corrected chi connectivity index (χ2v) is 9.23. The van der Waals surface area contributed by atoms with Gasteiger partial charge in [0.1, 0.15) is 5.84 Å². The van der Waals surface area contributed by atoms with Gasteiger partial charge in [0.25, 0.3) is 5.91 Å². The van der Waals surface area contributed by atoms with Crippen molar-refractivity contribution in [1.82, 2.24) is 19.8 Å². The fraction of sp³-hybridized carbons (Fsp3) is 0.455. The zero-order valence-corrected chi connectivity index (χ0v) is 19.5. The molecule has 0 unspecified atom stereocenters. The first-order chi connectivity index (χ1) is 15.4. The predicted octanol–water partition coefficient (Wildman–Crippen LogP) is 2.14. The second-order valence-electron chi connectivity index (χ2n) is 8.18. The van der Waals surface area contributed by atoms with Gasteiger partial charge in [-0.3, -0.25) is 14.7 Å². The minimum absolute atomic E-state index is 0.0849. The number of amides is 1. The Kier molecular flexibility index (Phi) is 6.54. The molecule has 0 atom stereocenters. The molecule has 2 aromatic heterocycles. The molecule has 1 amide bonds. The quantitative estimate of drug-likeness (QED) is 0.507. The summed E-state index contributed by atoms with van der Waals surface area (Å²) < 4.78 is 5.42. The Balaban J connectivity index is 1.52. The highest BCUT2D eigenvalue weighted by molar-refractivity contribution is 7.16. The summed E-state index contributed by atoms with van der Waals surface area (Å²) in [4.78, 5) is 32.6. The summed E-state index contributed by atoms with van der Waals surface area (Å²) in [5, 5.41) is 3.05. The number of hydrogen-bond acceptors (Lipinski definition) is 8. The van der Waals surface area contributed by atoms with Gasteiger partial charge in [-0.2, -0.15) is 0 Å². The SMILES string of the molecule is CN=C(C=CN)Nc1nccc(-c2cc3c(s2)C(C)(C)N(CCN2CCOCC2)C3=O)n1. The Morgan fingerprint density at radius 1 is 1.38 bits per heavy atom. The molecular formula is C22H29N7O2S. The highest BCUT2D eigenvalue weighted by Gasteiger charge is 2.44. The molecule has 9 nitrogen and oxygen atoms in total. The summed E-state index contributed by atoms with van der Waals surface area (Å²) in [7, 11) is 1.66. The van der Waals surface area contributed by atoms with Gasteiger partial charge in [-0.1, -0.05) is 0 Å². The van der Waals surface area contributed by atoms with E-state index in [1.807, 2.05) is 17.0 Å². The molecule has 2 aliphatic rings. The molecule has 10 heteroatoms. The third-order valence-electron chi connectivity index (χ3n) is 5.82. The molecule has 1 fully saturated rings. The summed E-state index contributed by atoms with van der Waals surface area (Å²) in [5.41, 5.74) is 6.62. The van der Waals surface area contributed by atoms with Crippen LogP contribution in [-0.4, -0.2) is 78.0 Å². The van der Waals surface area contributed by atoms with E-state index in [1.54, 1.807) is 30.7 Å². The molecule has 32 heavy (non-hydrogen) atoms. The number of thiophene rings is 1. The zero-order chi connectivity index (χ0) is 22.7. The van der Waals surface area contributed by atoms with Gasteiger partial charge in [-0.25, -0.2) is 9.97 Å². The maximum atomic E-state index is 13.3. The first kappa shape index (κ1) is 22.4. The number of nitrogens with zero attached hydrogens (tertiary/aromatic N) is 5. The summed E-state index contributed by atoms with van der Waals surface area (Å²) >= 11 is 1.62. The molecule has 4 rings (SSSR count). The Hall–Kier alpha value is -2.82. The van der Waals surface area contributed by atoms with Crippen molar-refractivity contribution in [3.05, 3.63) is 41.0 Å². The number of anilines is 1. The van der Waals surface area contributed by atoms with Crippen molar-refractivity contribution in [1.29, 1.82) is 0 Å². The third-order valence-corrected chi connectivity index (χ3v) is 7.30. The van der Waals surface area contributed by atoms with Gasteiger partial charge in [-0.05, 0) is 38.3 Å². The maximum absolute atomic E-state index is 13.3. The molecule has 3 N–H and O–H groups in total. The number of rotatable bonds is 6. The molecular weight excluding hydrogens is 426 g/mol. The largest absolute Gasteiger partial charge is 0.404 e. The van der Waals surface area contributed by atoms with Crippen LogP contribution in [0.4, 0.5) is 5.95 Å². The molecule has 0 aliphatic carbocycles. The lowest BCUT2D eigenvalue weighted by Gasteiger charge is -2.35. The standard InChI is InChI=1S/C22H29N7O2S/c1-22(2)19-15(20(30)29(22)9-8-28-10-12-31-13-11-28)14-17(32-19)16-5-7-25-21(26-16)27-18(24-3)4-6-23/h4-7,14H,8-13,23H2,1-3H3,(H,24,25,26,27). The molecule has 0 saturated carbocycles. The average molecular weight is 456 g/mol. The number of amidine groups is 1. The van der Waals surface area contributed by atoms with E-state index in [9.17, 15) is 4.79 Å². The van der Waals surface area contributed by atoms with Crippen LogP contribution in [-0.2, 0) is 10.3 Å². The Morgan fingerprint density at radius 2 is 2.16 bits per heavy atom. The lowest BCUT2D eigenvalue weighted by molar-refractivity contribution is 0.0263. The molecule has 170 valence electrons. The van der Waals surface area contributed by atoms with E-state index in [-0.39, 0.29) is 11.4 Å². The van der Waals surface area contributed by atoms with Crippen LogP contribution in [0.3, 0.4) is 0 Å². The summed E-state index contributed by atoms with van der Waals surface area (Å²) in [6, 6.07) is 3.81. The summed E-state index contributed by atoms with van der Waals surface area (Å²) in [6.07, 6.45) is 4.74. The minimum Gasteiger partial charge on any atom is -0.404 e. The Labute approximate surface area is 192 Å². The number of carbonyl (C=O) groups excluding carboxylic acids is 1. The molecule has 2 aromatic rings. The lowest BCUT2D eigenvalue weighted by Crippen LogP contribution is -2.46. The van der Waals surface area contributed by atoms with E-state index in [0.717, 1.165) is 53.9 Å². The van der Waals surface area contributed by atoms with E-state index in [1.165, 1.54) is 6.20 Å². The molecule has 0 aromatic carbocycles. The van der Waals surface area contributed by atoms with Gasteiger partial charge in [0.2, 0.25) is 5.95 Å². The highest BCUT2D eigenvalue weighted by atomic mass is 32.1. The molecule has 1 saturated heterocycles. The second kappa shape index (κ2) is 9.35. The fourth-order valence-electron chi connectivity index (χ4n) is 4.03. The monoisotopic (exact) mass is 455 g/mol. The van der Waals surface area contributed by atoms with Crippen LogP contribution in [0.2, 0.25) is 0 Å². The van der Waals surface area contributed by atoms with Crippen molar-refractivity contribution in [2.24, 2.45) is 10.7 Å². The van der Waals surface area contributed by atoms with Gasteiger partial charge in [0.05, 0.1) is 34.9 Å². The first-order valence-corrected chi connectivity index (χ1v) is 11.5. The van der Waals surface area contributed by atoms with Crippen molar-refractivity contribution < 1.29 is 9.53 Å². The van der Waals surface area contributed by atoms with E-state index in [0.29, 0.717) is 18.3 Å². The van der Waals surface area contributed by atoms with Crippen LogP contribution in [0.25, 0.3) is 10.6 Å². The van der Waals surface area contributed by atoms with Crippen LogP contribution in [0.15, 0.2) is 35.6 Å². The first-order valence-electron chi connectivity index (χ1n) is 10.7. The maximum Gasteiger partial charge on any atom is 0.255 e. The highest BCUT2D eigenvalue weighted by Crippen LogP contribution is 2.45. The fourth-order valence-corrected chi connectivity index (χ4v) is 5.26. The number of fused-ring (bicyclic) bond motifs is 1. The zero-order valence-electron chi connectivity index (χ0n) is 18.7. The third kappa shape index (κ3) is 4.38. The topological polar surface area (TPSA) is 109 Å². The number of aromatic nitrogens is 2. The number of ether oxygens (including phenoxy) is 1. The van der Waals surface area contributed by atoms with Crippen LogP contribution in [0.1, 0.15) is 29.1 Å². The van der Waals surface area contributed by atoms with Crippen molar-refractivity contribution in [2.75, 3.05) is 51.8 Å². The number of carbonyl (C=O) groups is 1. The lowest BCUT2D eigenvalue weighted by atomic mass is 10.0. The van der Waals surface area contributed by atoms with E-state index >= 15 is 0 Å². The van der Waals surface area contributed by atoms with E-state index in [2.05, 4.69) is 39.0 Å². The van der Waals surface area contributed by atoms with Gasteiger partial charge in [0, 0.05) is 44.3 Å². The van der Waals surface area contributed by atoms with Crippen molar-refractivity contribution in [3.8, 4) is 10.6 Å². The van der Waals surface area contributed by atoms with Crippen molar-refractivity contribution in [2.45, 2.75) is 19.4 Å². The van der Waals surface area contributed by atoms with Gasteiger partial charge in [0.15, 0.2) is 0 Å². The van der Waals surface area contributed by atoms with E-state index in [4.69, 9.17) is 10.5 Å². The van der Waals surface area contributed by atoms with Gasteiger partial charge in [-0.15, -0.1) is 11.3 Å². The van der Waals surface area contributed by atoms with Crippen LogP contribution < -0.4 is 11.1 Å². The molecule has 4 heterocycles. The number of nitrogens with two attached hydrogens (primary N) is 1. The molecule has 2 aliphatic heterocycles. The van der Waals surface area contributed by atoms with Crippen LogP contribution in [0.5, 0.6) is 0 Å². The minimum atomic E-state index is -0.357. The van der Waals surface area contributed by atoms with Gasteiger partial charge < -0.3 is 20.7 Å². The predicted molar refractivity (Wildman–Crippen MR) is 127 cm³/mol. The molecule has 0 radical (unpaired) electrons. The number of aliphatic imine (C=N–C) groups is 1. The number of nitrogens with one attached hydrogen (secondary N) is 1. The van der Waals surface area contributed by atoms with Crippen molar-refractivity contribution in [3.63, 3.8) is 0 Å². The Morgan fingerprint density at radius 3 is 2.84 bits per heavy atom. The normalized spacial score (nSPS) is 19.0. The smallest absolute Gasteiger partial charge is 0.255 e. The summed E-state index contributed by atoms with van der Waals surface area (Å²) in [5.74, 6) is 1.07. The average Bonchev–Trinajstić information content (AvgIpc) is 3.32. The molecule has 0 bridgehead atoms.